The van der Waals surface area contributed by atoms with Crippen molar-refractivity contribution in [1.82, 2.24) is 15.5 Å². The number of hydrogen-bond donors (Lipinski definition) is 2. The molecule has 1 aliphatic rings. The molecule has 0 bridgehead atoms. The Balaban J connectivity index is 0.00000420. The van der Waals surface area contributed by atoms with Crippen LogP contribution in [0.2, 0.25) is 0 Å². The van der Waals surface area contributed by atoms with Gasteiger partial charge in [-0.15, -0.1) is 24.0 Å². The Labute approximate surface area is 193 Å². The van der Waals surface area contributed by atoms with Crippen molar-refractivity contribution in [2.75, 3.05) is 53.0 Å². The fourth-order valence-electron chi connectivity index (χ4n) is 3.47. The molecule has 1 heterocycles. The third kappa shape index (κ3) is 10.00. The van der Waals surface area contributed by atoms with Crippen molar-refractivity contribution < 1.29 is 9.47 Å². The van der Waals surface area contributed by atoms with E-state index in [2.05, 4.69) is 54.6 Å². The normalized spacial score (nSPS) is 17.5. The number of ether oxygens (including phenoxy) is 2. The topological polar surface area (TPSA) is 58.1 Å². The molecule has 0 spiro atoms. The highest BCUT2D eigenvalue weighted by Crippen LogP contribution is 2.21. The van der Waals surface area contributed by atoms with Crippen molar-refractivity contribution in [3.8, 4) is 5.75 Å². The number of benzene rings is 1. The summed E-state index contributed by atoms with van der Waals surface area (Å²) in [6.07, 6.45) is 2.56. The minimum atomic E-state index is 0. The average Bonchev–Trinajstić information content (AvgIpc) is 2.68. The van der Waals surface area contributed by atoms with Gasteiger partial charge < -0.3 is 25.0 Å². The third-order valence-electron chi connectivity index (χ3n) is 4.94. The molecule has 1 fully saturated rings. The van der Waals surface area contributed by atoms with Crippen LogP contribution in [0.1, 0.15) is 37.8 Å². The minimum absolute atomic E-state index is 0. The SMILES string of the molecule is CCNC(=NCc1ccc(C)cc1OCCOCC)NCC1CCCN(C)C1.I. The summed E-state index contributed by atoms with van der Waals surface area (Å²) < 4.78 is 11.3. The van der Waals surface area contributed by atoms with Crippen LogP contribution in [0.5, 0.6) is 5.75 Å². The maximum atomic E-state index is 5.94. The van der Waals surface area contributed by atoms with Crippen molar-refractivity contribution in [2.24, 2.45) is 10.9 Å². The molecular formula is C22H39IN4O2. The van der Waals surface area contributed by atoms with Crippen LogP contribution in [0.4, 0.5) is 0 Å². The van der Waals surface area contributed by atoms with Gasteiger partial charge in [0, 0.05) is 31.8 Å². The number of rotatable bonds is 10. The van der Waals surface area contributed by atoms with Gasteiger partial charge in [0.25, 0.3) is 0 Å². The summed E-state index contributed by atoms with van der Waals surface area (Å²) in [4.78, 5) is 7.21. The first-order valence-corrected chi connectivity index (χ1v) is 10.6. The summed E-state index contributed by atoms with van der Waals surface area (Å²) in [6, 6.07) is 6.29. The third-order valence-corrected chi connectivity index (χ3v) is 4.94. The quantitative estimate of drug-likeness (QED) is 0.215. The number of piperidine rings is 1. The van der Waals surface area contributed by atoms with Gasteiger partial charge >= 0.3 is 0 Å². The molecule has 1 aromatic rings. The zero-order valence-electron chi connectivity index (χ0n) is 18.5. The van der Waals surface area contributed by atoms with E-state index in [9.17, 15) is 0 Å². The van der Waals surface area contributed by atoms with Gasteiger partial charge in [0.2, 0.25) is 0 Å². The second-order valence-corrected chi connectivity index (χ2v) is 7.50. The highest BCUT2D eigenvalue weighted by atomic mass is 127. The monoisotopic (exact) mass is 518 g/mol. The van der Waals surface area contributed by atoms with Crippen LogP contribution in [0.3, 0.4) is 0 Å². The molecule has 1 unspecified atom stereocenters. The second-order valence-electron chi connectivity index (χ2n) is 7.50. The summed E-state index contributed by atoms with van der Waals surface area (Å²) >= 11 is 0. The van der Waals surface area contributed by atoms with E-state index in [4.69, 9.17) is 14.5 Å². The Bertz CT molecular complexity index is 612. The van der Waals surface area contributed by atoms with Gasteiger partial charge in [0.1, 0.15) is 12.4 Å². The molecule has 0 aliphatic carbocycles. The molecule has 29 heavy (non-hydrogen) atoms. The van der Waals surface area contributed by atoms with E-state index in [0.717, 1.165) is 36.9 Å². The van der Waals surface area contributed by atoms with Gasteiger partial charge in [-0.3, -0.25) is 0 Å². The van der Waals surface area contributed by atoms with Crippen LogP contribution in [0, 0.1) is 12.8 Å². The van der Waals surface area contributed by atoms with Crippen molar-refractivity contribution >= 4 is 29.9 Å². The Morgan fingerprint density at radius 1 is 1.24 bits per heavy atom. The number of halogens is 1. The Hall–Kier alpha value is -1.06. The number of nitrogens with zero attached hydrogens (tertiary/aromatic N) is 2. The fourth-order valence-corrected chi connectivity index (χ4v) is 3.47. The largest absolute Gasteiger partial charge is 0.491 e. The van der Waals surface area contributed by atoms with Crippen LogP contribution in [-0.4, -0.2) is 63.9 Å². The first-order chi connectivity index (χ1) is 13.6. The molecule has 1 saturated heterocycles. The van der Waals surface area contributed by atoms with Crippen LogP contribution in [0.15, 0.2) is 23.2 Å². The maximum absolute atomic E-state index is 5.94. The molecule has 6 nitrogen and oxygen atoms in total. The van der Waals surface area contributed by atoms with Crippen molar-refractivity contribution in [3.05, 3.63) is 29.3 Å². The van der Waals surface area contributed by atoms with Crippen LogP contribution >= 0.6 is 24.0 Å². The lowest BCUT2D eigenvalue weighted by molar-refractivity contribution is 0.110. The summed E-state index contributed by atoms with van der Waals surface area (Å²) in [5, 5.41) is 6.88. The van der Waals surface area contributed by atoms with Gasteiger partial charge in [-0.1, -0.05) is 12.1 Å². The second kappa shape index (κ2) is 14.8. The molecule has 0 saturated carbocycles. The number of likely N-dealkylation sites (tertiary alicyclic amines) is 1. The molecular weight excluding hydrogens is 479 g/mol. The lowest BCUT2D eigenvalue weighted by Crippen LogP contribution is -2.43. The van der Waals surface area contributed by atoms with Gasteiger partial charge in [-0.05, 0) is 64.8 Å². The van der Waals surface area contributed by atoms with Crippen molar-refractivity contribution in [3.63, 3.8) is 0 Å². The lowest BCUT2D eigenvalue weighted by Gasteiger charge is -2.30. The summed E-state index contributed by atoms with van der Waals surface area (Å²) in [6.45, 7) is 12.8. The van der Waals surface area contributed by atoms with E-state index in [0.29, 0.717) is 32.3 Å². The molecule has 0 aromatic heterocycles. The van der Waals surface area contributed by atoms with E-state index in [-0.39, 0.29) is 24.0 Å². The van der Waals surface area contributed by atoms with E-state index >= 15 is 0 Å². The Kier molecular flexibility index (Phi) is 13.3. The van der Waals surface area contributed by atoms with Gasteiger partial charge in [-0.2, -0.15) is 0 Å². The molecule has 166 valence electrons. The molecule has 7 heteroatoms. The van der Waals surface area contributed by atoms with Crippen LogP contribution in [-0.2, 0) is 11.3 Å². The molecule has 1 atom stereocenters. The summed E-state index contributed by atoms with van der Waals surface area (Å²) in [7, 11) is 2.20. The smallest absolute Gasteiger partial charge is 0.191 e. The maximum Gasteiger partial charge on any atom is 0.191 e. The number of aliphatic imine (C=N–C) groups is 1. The van der Waals surface area contributed by atoms with E-state index in [1.165, 1.54) is 24.9 Å². The molecule has 1 aliphatic heterocycles. The number of aryl methyl sites for hydroxylation is 1. The first kappa shape index (κ1) is 26.0. The molecule has 1 aromatic carbocycles. The molecule has 0 radical (unpaired) electrons. The average molecular weight is 518 g/mol. The van der Waals surface area contributed by atoms with Crippen LogP contribution in [0.25, 0.3) is 0 Å². The molecule has 2 N–H and O–H groups in total. The zero-order valence-corrected chi connectivity index (χ0v) is 20.8. The number of guanidine groups is 1. The summed E-state index contributed by atoms with van der Waals surface area (Å²) in [5.74, 6) is 2.45. The van der Waals surface area contributed by atoms with Crippen LogP contribution < -0.4 is 15.4 Å². The van der Waals surface area contributed by atoms with Crippen molar-refractivity contribution in [2.45, 2.75) is 40.2 Å². The van der Waals surface area contributed by atoms with Gasteiger partial charge in [-0.25, -0.2) is 4.99 Å². The first-order valence-electron chi connectivity index (χ1n) is 10.6. The lowest BCUT2D eigenvalue weighted by atomic mass is 9.99. The van der Waals surface area contributed by atoms with E-state index in [1.54, 1.807) is 0 Å². The highest BCUT2D eigenvalue weighted by molar-refractivity contribution is 14.0. The number of nitrogens with one attached hydrogen (secondary N) is 2. The predicted molar refractivity (Wildman–Crippen MR) is 132 cm³/mol. The van der Waals surface area contributed by atoms with E-state index in [1.807, 2.05) is 6.92 Å². The standard InChI is InChI=1S/C22H38N4O2.HI/c1-5-23-22(24-15-19-8-7-11-26(4)17-19)25-16-20-10-9-18(3)14-21(20)28-13-12-27-6-2;/h9-10,14,19H,5-8,11-13,15-17H2,1-4H3,(H2,23,24,25);1H. The fraction of sp³-hybridized carbons (Fsp3) is 0.682. The zero-order chi connectivity index (χ0) is 20.2. The minimum Gasteiger partial charge on any atom is -0.491 e. The summed E-state index contributed by atoms with van der Waals surface area (Å²) in [5.41, 5.74) is 2.28. The molecule has 2 rings (SSSR count). The predicted octanol–water partition coefficient (Wildman–Crippen LogP) is 3.43. The number of hydrogen-bond acceptors (Lipinski definition) is 4. The van der Waals surface area contributed by atoms with Crippen molar-refractivity contribution in [1.29, 1.82) is 0 Å². The highest BCUT2D eigenvalue weighted by Gasteiger charge is 2.17. The Morgan fingerprint density at radius 2 is 2.07 bits per heavy atom. The van der Waals surface area contributed by atoms with Gasteiger partial charge in [0.15, 0.2) is 5.96 Å². The Morgan fingerprint density at radius 3 is 2.79 bits per heavy atom. The molecule has 0 amide bonds. The van der Waals surface area contributed by atoms with E-state index < -0.39 is 0 Å². The van der Waals surface area contributed by atoms with Gasteiger partial charge in [0.05, 0.1) is 13.2 Å².